The minimum Gasteiger partial charge on any atom is -0.330 e. The molecule has 4 rings (SSSR count). The molecule has 1 aliphatic heterocycles. The molecule has 1 atom stereocenters. The molecule has 132 valence electrons. The second-order valence-electron chi connectivity index (χ2n) is 6.34. The van der Waals surface area contributed by atoms with Gasteiger partial charge in [0, 0.05) is 34.7 Å². The lowest BCUT2D eigenvalue weighted by atomic mass is 9.97. The van der Waals surface area contributed by atoms with Crippen molar-refractivity contribution in [3.8, 4) is 0 Å². The molecule has 3 nitrogen and oxygen atoms in total. The predicted octanol–water partition coefficient (Wildman–Crippen LogP) is 4.95. The Bertz CT molecular complexity index is 899. The fraction of sp³-hybridized carbons (Fsp3) is 0.238. The highest BCUT2D eigenvalue weighted by Gasteiger charge is 2.33. The third-order valence-electron chi connectivity index (χ3n) is 4.76. The first-order valence-electron chi connectivity index (χ1n) is 8.71. The van der Waals surface area contributed by atoms with Gasteiger partial charge in [-0.25, -0.2) is 0 Å². The molecule has 3 aromatic rings. The summed E-state index contributed by atoms with van der Waals surface area (Å²) in [6, 6.07) is 15.5. The fourth-order valence-corrected chi connectivity index (χ4v) is 5.23. The Morgan fingerprint density at radius 1 is 0.962 bits per heavy atom. The van der Waals surface area contributed by atoms with E-state index in [1.165, 1.54) is 15.3 Å². The van der Waals surface area contributed by atoms with Crippen molar-refractivity contribution in [2.24, 2.45) is 0 Å². The molecule has 0 saturated heterocycles. The lowest BCUT2D eigenvalue weighted by Crippen LogP contribution is -2.39. The summed E-state index contributed by atoms with van der Waals surface area (Å²) in [4.78, 5) is 29.8. The zero-order chi connectivity index (χ0) is 17.9. The summed E-state index contributed by atoms with van der Waals surface area (Å²) in [6.07, 6.45) is 1.41. The van der Waals surface area contributed by atoms with Crippen LogP contribution in [0.4, 0.5) is 0 Å². The highest BCUT2D eigenvalue weighted by atomic mass is 32.1. The van der Waals surface area contributed by atoms with Crippen LogP contribution in [0, 0.1) is 0 Å². The third-order valence-corrected chi connectivity index (χ3v) is 6.68. The summed E-state index contributed by atoms with van der Waals surface area (Å²) >= 11 is 3.45. The van der Waals surface area contributed by atoms with Gasteiger partial charge in [0.1, 0.15) is 0 Å². The Hall–Kier alpha value is -2.24. The fourth-order valence-electron chi connectivity index (χ4n) is 3.47. The quantitative estimate of drug-likeness (QED) is 0.587. The molecular weight excluding hydrogens is 362 g/mol. The number of carbonyl (C=O) groups excluding carboxylic acids is 2. The summed E-state index contributed by atoms with van der Waals surface area (Å²) in [5.41, 5.74) is 1.92. The molecule has 5 heteroatoms. The number of fused-ring (bicyclic) bond motifs is 1. The number of amides is 1. The molecule has 1 aliphatic rings. The number of nitrogens with zero attached hydrogens (tertiary/aromatic N) is 1. The van der Waals surface area contributed by atoms with Crippen molar-refractivity contribution in [2.75, 3.05) is 6.54 Å². The summed E-state index contributed by atoms with van der Waals surface area (Å²) in [5.74, 6) is 0.0874. The lowest BCUT2D eigenvalue weighted by molar-refractivity contribution is -0.133. The van der Waals surface area contributed by atoms with E-state index in [2.05, 4.69) is 22.9 Å². The monoisotopic (exact) mass is 381 g/mol. The Kier molecular flexibility index (Phi) is 5.00. The largest absolute Gasteiger partial charge is 0.330 e. The molecule has 1 amide bonds. The lowest BCUT2D eigenvalue weighted by Gasteiger charge is -2.35. The van der Waals surface area contributed by atoms with E-state index in [9.17, 15) is 9.59 Å². The molecule has 0 radical (unpaired) electrons. The number of thiophene rings is 2. The van der Waals surface area contributed by atoms with Gasteiger partial charge in [-0.1, -0.05) is 36.4 Å². The number of carbonyl (C=O) groups is 2. The van der Waals surface area contributed by atoms with Gasteiger partial charge in [0.25, 0.3) is 0 Å². The Morgan fingerprint density at radius 3 is 2.58 bits per heavy atom. The minimum absolute atomic E-state index is 0.00988. The average molecular weight is 382 g/mol. The maximum atomic E-state index is 13.0. The van der Waals surface area contributed by atoms with Crippen molar-refractivity contribution in [3.63, 3.8) is 0 Å². The number of hydrogen-bond acceptors (Lipinski definition) is 4. The number of ketones is 1. The van der Waals surface area contributed by atoms with Crippen LogP contribution in [0.3, 0.4) is 0 Å². The van der Waals surface area contributed by atoms with Gasteiger partial charge in [0.05, 0.1) is 6.04 Å². The van der Waals surface area contributed by atoms with Crippen molar-refractivity contribution in [2.45, 2.75) is 25.3 Å². The van der Waals surface area contributed by atoms with Crippen LogP contribution in [0.15, 0.2) is 59.3 Å². The third kappa shape index (κ3) is 3.37. The van der Waals surface area contributed by atoms with Crippen molar-refractivity contribution in [3.05, 3.63) is 80.2 Å². The highest BCUT2D eigenvalue weighted by molar-refractivity contribution is 7.10. The van der Waals surface area contributed by atoms with E-state index in [1.807, 2.05) is 29.2 Å². The van der Waals surface area contributed by atoms with E-state index >= 15 is 0 Å². The van der Waals surface area contributed by atoms with Crippen LogP contribution in [0.25, 0.3) is 0 Å². The Balaban J connectivity index is 1.51. The molecule has 1 aromatic carbocycles. The predicted molar refractivity (Wildman–Crippen MR) is 106 cm³/mol. The van der Waals surface area contributed by atoms with Gasteiger partial charge in [-0.3, -0.25) is 9.59 Å². The van der Waals surface area contributed by atoms with E-state index < -0.39 is 0 Å². The molecule has 0 fully saturated rings. The van der Waals surface area contributed by atoms with Crippen molar-refractivity contribution in [1.29, 1.82) is 0 Å². The standard InChI is InChI=1S/C21H19NO2S2/c23-17(15-5-2-1-3-6-15)8-9-20(24)22-12-10-18-16(11-14-26-18)21(22)19-7-4-13-25-19/h1-7,11,13-14,21H,8-10,12H2/t21-/m1/s1. The molecule has 3 heterocycles. The maximum Gasteiger partial charge on any atom is 0.223 e. The SMILES string of the molecule is O=C(CCC(=O)N1CCc2sccc2[C@@H]1c1cccs1)c1ccccc1. The summed E-state index contributed by atoms with van der Waals surface area (Å²) in [6.45, 7) is 0.717. The van der Waals surface area contributed by atoms with E-state index in [0.717, 1.165) is 6.42 Å². The van der Waals surface area contributed by atoms with Gasteiger partial charge in [0.2, 0.25) is 5.91 Å². The number of rotatable bonds is 5. The van der Waals surface area contributed by atoms with Crippen LogP contribution in [0.1, 0.15) is 44.6 Å². The van der Waals surface area contributed by atoms with Crippen LogP contribution in [0.5, 0.6) is 0 Å². The molecule has 0 unspecified atom stereocenters. The minimum atomic E-state index is -0.00988. The van der Waals surface area contributed by atoms with Crippen LogP contribution in [-0.4, -0.2) is 23.1 Å². The first kappa shape index (κ1) is 17.2. The number of benzene rings is 1. The summed E-state index contributed by atoms with van der Waals surface area (Å²) in [5, 5.41) is 4.16. The molecule has 0 N–H and O–H groups in total. The molecule has 0 spiro atoms. The molecule has 0 aliphatic carbocycles. The second kappa shape index (κ2) is 7.56. The first-order valence-corrected chi connectivity index (χ1v) is 10.5. The van der Waals surface area contributed by atoms with Crippen molar-refractivity contribution < 1.29 is 9.59 Å². The van der Waals surface area contributed by atoms with Crippen molar-refractivity contribution >= 4 is 34.4 Å². The highest BCUT2D eigenvalue weighted by Crippen LogP contribution is 2.39. The average Bonchev–Trinajstić information content (AvgIpc) is 3.37. The molecule has 0 bridgehead atoms. The molecule has 0 saturated carbocycles. The second-order valence-corrected chi connectivity index (χ2v) is 8.32. The maximum absolute atomic E-state index is 13.0. The summed E-state index contributed by atoms with van der Waals surface area (Å²) in [7, 11) is 0. The molecular formula is C21H19NO2S2. The van der Waals surface area contributed by atoms with Crippen LogP contribution in [0.2, 0.25) is 0 Å². The van der Waals surface area contributed by atoms with Crippen LogP contribution in [-0.2, 0) is 11.2 Å². The van der Waals surface area contributed by atoms with Gasteiger partial charge < -0.3 is 4.90 Å². The van der Waals surface area contributed by atoms with Gasteiger partial charge in [-0.15, -0.1) is 22.7 Å². The van der Waals surface area contributed by atoms with E-state index in [0.29, 0.717) is 12.1 Å². The Labute approximate surface area is 160 Å². The molecule has 26 heavy (non-hydrogen) atoms. The number of hydrogen-bond donors (Lipinski definition) is 0. The summed E-state index contributed by atoms with van der Waals surface area (Å²) < 4.78 is 0. The normalized spacial score (nSPS) is 16.3. The van der Waals surface area contributed by atoms with E-state index in [4.69, 9.17) is 0 Å². The number of Topliss-reactive ketones (excluding diaryl/α,β-unsaturated/α-hetero) is 1. The van der Waals surface area contributed by atoms with Gasteiger partial charge in [0.15, 0.2) is 5.78 Å². The first-order chi connectivity index (χ1) is 12.7. The smallest absolute Gasteiger partial charge is 0.223 e. The van der Waals surface area contributed by atoms with Gasteiger partial charge >= 0.3 is 0 Å². The molecule has 2 aromatic heterocycles. The topological polar surface area (TPSA) is 37.4 Å². The van der Waals surface area contributed by atoms with E-state index in [1.54, 1.807) is 34.8 Å². The Morgan fingerprint density at radius 2 is 1.81 bits per heavy atom. The van der Waals surface area contributed by atoms with Crippen molar-refractivity contribution in [1.82, 2.24) is 4.90 Å². The van der Waals surface area contributed by atoms with Gasteiger partial charge in [-0.05, 0) is 34.9 Å². The van der Waals surface area contributed by atoms with Crippen LogP contribution >= 0.6 is 22.7 Å². The van der Waals surface area contributed by atoms with Crippen LogP contribution < -0.4 is 0 Å². The zero-order valence-electron chi connectivity index (χ0n) is 14.3. The van der Waals surface area contributed by atoms with E-state index in [-0.39, 0.29) is 30.6 Å². The van der Waals surface area contributed by atoms with Gasteiger partial charge in [-0.2, -0.15) is 0 Å². The zero-order valence-corrected chi connectivity index (χ0v) is 15.9.